The Morgan fingerprint density at radius 2 is 1.69 bits per heavy atom. The van der Waals surface area contributed by atoms with Gasteiger partial charge in [-0.25, -0.2) is 8.78 Å². The van der Waals surface area contributed by atoms with E-state index in [4.69, 9.17) is 5.73 Å². The number of anilines is 1. The number of piperazine rings is 1. The van der Waals surface area contributed by atoms with Crippen LogP contribution in [0.1, 0.15) is 24.1 Å². The van der Waals surface area contributed by atoms with Gasteiger partial charge in [-0.2, -0.15) is 0 Å². The second kappa shape index (κ2) is 10.1. The molecule has 0 aliphatic carbocycles. The molecule has 1 aliphatic rings. The number of rotatable bonds is 4. The molecule has 1 fully saturated rings. The summed E-state index contributed by atoms with van der Waals surface area (Å²) in [4.78, 5) is 4.62. The van der Waals surface area contributed by atoms with Crippen molar-refractivity contribution in [3.05, 3.63) is 65.2 Å². The molecule has 0 saturated carbocycles. The number of nitrogens with zero attached hydrogens (tertiary/aromatic N) is 2. The van der Waals surface area contributed by atoms with Crippen molar-refractivity contribution in [2.75, 3.05) is 31.9 Å². The van der Waals surface area contributed by atoms with E-state index in [-0.39, 0.29) is 30.9 Å². The van der Waals surface area contributed by atoms with E-state index in [9.17, 15) is 8.78 Å². The molecule has 26 heavy (non-hydrogen) atoms. The molecule has 1 heterocycles. The molecule has 2 aromatic carbocycles. The van der Waals surface area contributed by atoms with Gasteiger partial charge in [-0.05, 0) is 30.7 Å². The third-order valence-corrected chi connectivity index (χ3v) is 4.72. The molecule has 1 aliphatic heterocycles. The highest BCUT2D eigenvalue weighted by molar-refractivity contribution is 5.85. The summed E-state index contributed by atoms with van der Waals surface area (Å²) in [5.41, 5.74) is 8.38. The van der Waals surface area contributed by atoms with Crippen molar-refractivity contribution in [1.82, 2.24) is 9.80 Å². The minimum Gasteiger partial charge on any atom is -0.399 e. The first-order valence-corrected chi connectivity index (χ1v) is 8.28. The standard InChI is InChI=1S/C19H23F2N3.2ClH/c1-14(18-6-5-16(20)12-19(18)21)24-9-7-23(8-10-24)13-15-3-2-4-17(22)11-15;;/h2-6,11-12,14H,7-10,13,22H2,1H3;2*1H. The van der Waals surface area contributed by atoms with Crippen LogP contribution in [0.4, 0.5) is 14.5 Å². The Balaban J connectivity index is 0.00000169. The molecule has 3 rings (SSSR count). The molecule has 0 spiro atoms. The SMILES string of the molecule is CC(c1ccc(F)cc1F)N1CCN(Cc2cccc(N)c2)CC1.Cl.Cl. The molecule has 144 valence electrons. The molecular weight excluding hydrogens is 379 g/mol. The van der Waals surface area contributed by atoms with Crippen molar-refractivity contribution >= 4 is 30.5 Å². The molecule has 3 nitrogen and oxygen atoms in total. The van der Waals surface area contributed by atoms with Crippen molar-refractivity contribution < 1.29 is 8.78 Å². The smallest absolute Gasteiger partial charge is 0.130 e. The summed E-state index contributed by atoms with van der Waals surface area (Å²) in [7, 11) is 0. The third-order valence-electron chi connectivity index (χ3n) is 4.72. The van der Waals surface area contributed by atoms with E-state index in [1.165, 1.54) is 11.6 Å². The molecule has 1 unspecified atom stereocenters. The lowest BCUT2D eigenvalue weighted by molar-refractivity contribution is 0.0965. The lowest BCUT2D eigenvalue weighted by atomic mass is 10.0. The van der Waals surface area contributed by atoms with E-state index < -0.39 is 11.6 Å². The molecule has 0 aromatic heterocycles. The Morgan fingerprint density at radius 3 is 2.31 bits per heavy atom. The summed E-state index contributed by atoms with van der Waals surface area (Å²) in [5.74, 6) is -1.000. The van der Waals surface area contributed by atoms with Crippen LogP contribution in [0.5, 0.6) is 0 Å². The van der Waals surface area contributed by atoms with Gasteiger partial charge in [-0.1, -0.05) is 18.2 Å². The van der Waals surface area contributed by atoms with Crippen LogP contribution in [0.25, 0.3) is 0 Å². The van der Waals surface area contributed by atoms with E-state index in [1.54, 1.807) is 6.07 Å². The van der Waals surface area contributed by atoms with Gasteiger partial charge in [0.25, 0.3) is 0 Å². The van der Waals surface area contributed by atoms with Gasteiger partial charge in [0, 0.05) is 56.1 Å². The van der Waals surface area contributed by atoms with Gasteiger partial charge in [0.1, 0.15) is 11.6 Å². The molecule has 2 N–H and O–H groups in total. The molecule has 2 aromatic rings. The fourth-order valence-electron chi connectivity index (χ4n) is 3.30. The van der Waals surface area contributed by atoms with Crippen molar-refractivity contribution in [2.24, 2.45) is 0 Å². The highest BCUT2D eigenvalue weighted by Gasteiger charge is 2.24. The number of halogens is 4. The lowest BCUT2D eigenvalue weighted by Crippen LogP contribution is -2.46. The van der Waals surface area contributed by atoms with Crippen LogP contribution >= 0.6 is 24.8 Å². The predicted molar refractivity (Wildman–Crippen MR) is 107 cm³/mol. The van der Waals surface area contributed by atoms with E-state index in [2.05, 4.69) is 15.9 Å². The average Bonchev–Trinajstić information content (AvgIpc) is 2.55. The molecular formula is C19H25Cl2F2N3. The number of nitrogen functional groups attached to an aromatic ring is 1. The normalized spacial score (nSPS) is 16.4. The molecule has 1 saturated heterocycles. The number of hydrogen-bond donors (Lipinski definition) is 1. The minimum atomic E-state index is -0.532. The van der Waals surface area contributed by atoms with E-state index in [0.717, 1.165) is 44.5 Å². The summed E-state index contributed by atoms with van der Waals surface area (Å²) in [6.45, 7) is 6.41. The van der Waals surface area contributed by atoms with Gasteiger partial charge < -0.3 is 5.73 Å². The van der Waals surface area contributed by atoms with Gasteiger partial charge in [0.2, 0.25) is 0 Å². The minimum absolute atomic E-state index is 0. The summed E-state index contributed by atoms with van der Waals surface area (Å²) in [5, 5.41) is 0. The number of hydrogen-bond acceptors (Lipinski definition) is 3. The highest BCUT2D eigenvalue weighted by Crippen LogP contribution is 2.25. The molecule has 7 heteroatoms. The zero-order valence-corrected chi connectivity index (χ0v) is 16.3. The van der Waals surface area contributed by atoms with Crippen LogP contribution < -0.4 is 5.73 Å². The van der Waals surface area contributed by atoms with E-state index in [1.807, 2.05) is 25.1 Å². The second-order valence-electron chi connectivity index (χ2n) is 6.40. The fraction of sp³-hybridized carbons (Fsp3) is 0.368. The predicted octanol–water partition coefficient (Wildman–Crippen LogP) is 4.27. The van der Waals surface area contributed by atoms with Crippen molar-refractivity contribution in [1.29, 1.82) is 0 Å². The van der Waals surface area contributed by atoms with Crippen LogP contribution in [-0.2, 0) is 6.54 Å². The largest absolute Gasteiger partial charge is 0.399 e. The topological polar surface area (TPSA) is 32.5 Å². The zero-order valence-electron chi connectivity index (χ0n) is 14.7. The average molecular weight is 404 g/mol. The van der Waals surface area contributed by atoms with Crippen LogP contribution in [0, 0.1) is 11.6 Å². The maximum atomic E-state index is 14.0. The Bertz CT molecular complexity index is 707. The van der Waals surface area contributed by atoms with Gasteiger partial charge in [0.15, 0.2) is 0 Å². The van der Waals surface area contributed by atoms with Crippen molar-refractivity contribution in [2.45, 2.75) is 19.5 Å². The molecule has 1 atom stereocenters. The molecule has 0 radical (unpaired) electrons. The number of nitrogens with two attached hydrogens (primary N) is 1. The van der Waals surface area contributed by atoms with E-state index >= 15 is 0 Å². The van der Waals surface area contributed by atoms with Gasteiger partial charge >= 0.3 is 0 Å². The Kier molecular flexibility index (Phi) is 8.77. The first kappa shape index (κ1) is 22.6. The highest BCUT2D eigenvalue weighted by atomic mass is 35.5. The second-order valence-corrected chi connectivity index (χ2v) is 6.40. The van der Waals surface area contributed by atoms with Crippen LogP contribution in [0.3, 0.4) is 0 Å². The van der Waals surface area contributed by atoms with E-state index in [0.29, 0.717) is 5.56 Å². The summed E-state index contributed by atoms with van der Waals surface area (Å²) >= 11 is 0. The van der Waals surface area contributed by atoms with Crippen molar-refractivity contribution in [3.8, 4) is 0 Å². The zero-order chi connectivity index (χ0) is 17.1. The lowest BCUT2D eigenvalue weighted by Gasteiger charge is -2.38. The maximum absolute atomic E-state index is 14.0. The Morgan fingerprint density at radius 1 is 1.00 bits per heavy atom. The summed E-state index contributed by atoms with van der Waals surface area (Å²) < 4.78 is 27.0. The van der Waals surface area contributed by atoms with Crippen molar-refractivity contribution in [3.63, 3.8) is 0 Å². The summed E-state index contributed by atoms with van der Waals surface area (Å²) in [6.07, 6.45) is 0. The third kappa shape index (κ3) is 5.55. The Hall–Kier alpha value is -1.40. The first-order valence-electron chi connectivity index (χ1n) is 8.28. The Labute approximate surface area is 166 Å². The molecule has 0 bridgehead atoms. The van der Waals surface area contributed by atoms with Crippen LogP contribution in [0.2, 0.25) is 0 Å². The van der Waals surface area contributed by atoms with Gasteiger partial charge in [0.05, 0.1) is 0 Å². The fourth-order valence-corrected chi connectivity index (χ4v) is 3.30. The van der Waals surface area contributed by atoms with Crippen LogP contribution in [0.15, 0.2) is 42.5 Å². The first-order chi connectivity index (χ1) is 11.5. The monoisotopic (exact) mass is 403 g/mol. The van der Waals surface area contributed by atoms with Gasteiger partial charge in [-0.15, -0.1) is 24.8 Å². The number of benzene rings is 2. The summed E-state index contributed by atoms with van der Waals surface area (Å²) in [6, 6.07) is 11.7. The quantitative estimate of drug-likeness (QED) is 0.773. The maximum Gasteiger partial charge on any atom is 0.130 e. The van der Waals surface area contributed by atoms with Gasteiger partial charge in [-0.3, -0.25) is 9.80 Å². The van der Waals surface area contributed by atoms with Crippen LogP contribution in [-0.4, -0.2) is 36.0 Å². The molecule has 0 amide bonds.